The van der Waals surface area contributed by atoms with Gasteiger partial charge >= 0.3 is 5.97 Å². The van der Waals surface area contributed by atoms with Crippen LogP contribution in [0.1, 0.15) is 25.3 Å². The van der Waals surface area contributed by atoms with Gasteiger partial charge in [0.2, 0.25) is 0 Å². The maximum atomic E-state index is 11.1. The molecule has 0 atom stereocenters. The van der Waals surface area contributed by atoms with Gasteiger partial charge < -0.3 is 34.0 Å². The molecule has 8 heteroatoms. The topological polar surface area (TPSA) is 109 Å². The molecule has 0 saturated heterocycles. The lowest BCUT2D eigenvalue weighted by atomic mass is 10.0. The molecule has 1 N–H and O–H groups in total. The number of nitrogens with zero attached hydrogens (tertiary/aromatic N) is 4. The van der Waals surface area contributed by atoms with E-state index in [1.165, 1.54) is 6.08 Å². The number of carbonyl (C=O) groups is 2. The fourth-order valence-corrected chi connectivity index (χ4v) is 2.59. The first-order chi connectivity index (χ1) is 13.9. The zero-order valence-corrected chi connectivity index (χ0v) is 18.6. The van der Waals surface area contributed by atoms with Crippen molar-refractivity contribution in [2.45, 2.75) is 26.3 Å². The lowest BCUT2D eigenvalue weighted by molar-refractivity contribution is -0.696. The Morgan fingerprint density at radius 3 is 2.27 bits per heavy atom. The molecule has 0 radical (unpaired) electrons. The highest BCUT2D eigenvalue weighted by atomic mass is 127. The summed E-state index contributed by atoms with van der Waals surface area (Å²) < 4.78 is 1.72. The Morgan fingerprint density at radius 2 is 1.77 bits per heavy atom. The SMILES string of the molecule is CC(=O)CCN1C=CC(=C(C#N)/C=C(\C#N)c2cc[n+](CCC(=O)O)cc2)C=C1.[I-]. The van der Waals surface area contributed by atoms with E-state index in [0.717, 1.165) is 0 Å². The molecule has 7 nitrogen and oxygen atoms in total. The third-order valence-electron chi connectivity index (χ3n) is 4.24. The Labute approximate surface area is 192 Å². The van der Waals surface area contributed by atoms with Crippen molar-refractivity contribution in [1.82, 2.24) is 4.90 Å². The van der Waals surface area contributed by atoms with Gasteiger partial charge in [-0.05, 0) is 30.7 Å². The van der Waals surface area contributed by atoms with Gasteiger partial charge in [-0.25, -0.2) is 4.57 Å². The molecule has 0 amide bonds. The highest BCUT2D eigenvalue weighted by Crippen LogP contribution is 2.20. The van der Waals surface area contributed by atoms with Crippen LogP contribution < -0.4 is 28.5 Å². The Hall–Kier alpha value is -3.24. The number of aliphatic carboxylic acids is 1. The number of halogens is 1. The number of carbonyl (C=O) groups excluding carboxylic acids is 1. The normalized spacial score (nSPS) is 12.6. The van der Waals surface area contributed by atoms with E-state index in [1.807, 2.05) is 4.90 Å². The summed E-state index contributed by atoms with van der Waals surface area (Å²) in [5, 5.41) is 27.8. The van der Waals surface area contributed by atoms with E-state index in [1.54, 1.807) is 60.6 Å². The van der Waals surface area contributed by atoms with E-state index in [9.17, 15) is 20.1 Å². The van der Waals surface area contributed by atoms with Crippen LogP contribution in [0.4, 0.5) is 0 Å². The first-order valence-electron chi connectivity index (χ1n) is 9.02. The molecule has 1 aliphatic heterocycles. The summed E-state index contributed by atoms with van der Waals surface area (Å²) in [5.41, 5.74) is 1.99. The number of allylic oxidation sites excluding steroid dienone is 6. The maximum Gasteiger partial charge on any atom is 0.309 e. The summed E-state index contributed by atoms with van der Waals surface area (Å²) in [6.07, 6.45) is 12.5. The number of ketones is 1. The van der Waals surface area contributed by atoms with Crippen LogP contribution in [0.3, 0.4) is 0 Å². The van der Waals surface area contributed by atoms with E-state index in [4.69, 9.17) is 5.11 Å². The number of aryl methyl sites for hydroxylation is 1. The molecule has 0 saturated carbocycles. The zero-order chi connectivity index (χ0) is 21.2. The Balaban J connectivity index is 0.00000450. The van der Waals surface area contributed by atoms with Crippen molar-refractivity contribution < 1.29 is 43.2 Å². The molecular formula is C22H21IN4O3. The third kappa shape index (κ3) is 7.64. The Kier molecular flexibility index (Phi) is 10.2. The number of Topliss-reactive ketones (excluding diaryl/α,β-unsaturated/α-hetero) is 1. The first kappa shape index (κ1) is 24.8. The van der Waals surface area contributed by atoms with Crippen molar-refractivity contribution in [3.8, 4) is 12.1 Å². The smallest absolute Gasteiger partial charge is 0.309 e. The van der Waals surface area contributed by atoms with Gasteiger partial charge in [-0.2, -0.15) is 10.5 Å². The van der Waals surface area contributed by atoms with E-state index < -0.39 is 5.97 Å². The minimum atomic E-state index is -0.877. The molecule has 1 aliphatic rings. The second-order valence-corrected chi connectivity index (χ2v) is 6.44. The molecule has 30 heavy (non-hydrogen) atoms. The molecule has 1 aromatic heterocycles. The fraction of sp³-hybridized carbons (Fsp3) is 0.227. The summed E-state index contributed by atoms with van der Waals surface area (Å²) in [6.45, 7) is 2.45. The van der Waals surface area contributed by atoms with Crippen LogP contribution in [0.15, 0.2) is 66.3 Å². The fourth-order valence-electron chi connectivity index (χ4n) is 2.59. The number of aromatic nitrogens is 1. The van der Waals surface area contributed by atoms with Crippen molar-refractivity contribution in [1.29, 1.82) is 10.5 Å². The van der Waals surface area contributed by atoms with Gasteiger partial charge in [0.15, 0.2) is 18.9 Å². The zero-order valence-electron chi connectivity index (χ0n) is 16.5. The number of nitriles is 2. The lowest BCUT2D eigenvalue weighted by Gasteiger charge is -2.18. The molecule has 1 aromatic rings. The van der Waals surface area contributed by atoms with Crippen molar-refractivity contribution in [2.24, 2.45) is 0 Å². The average Bonchev–Trinajstić information content (AvgIpc) is 2.72. The molecule has 0 fully saturated rings. The number of hydrogen-bond acceptors (Lipinski definition) is 5. The number of rotatable bonds is 8. The molecule has 0 bridgehead atoms. The summed E-state index contributed by atoms with van der Waals surface area (Å²) in [7, 11) is 0. The van der Waals surface area contributed by atoms with Crippen molar-refractivity contribution in [3.05, 3.63) is 71.9 Å². The highest BCUT2D eigenvalue weighted by molar-refractivity contribution is 5.80. The van der Waals surface area contributed by atoms with Crippen molar-refractivity contribution in [2.75, 3.05) is 6.54 Å². The van der Waals surface area contributed by atoms with E-state index in [-0.39, 0.29) is 36.2 Å². The van der Waals surface area contributed by atoms with Crippen molar-refractivity contribution in [3.63, 3.8) is 0 Å². The quantitative estimate of drug-likeness (QED) is 0.284. The van der Waals surface area contributed by atoms with Crippen LogP contribution in [0.5, 0.6) is 0 Å². The van der Waals surface area contributed by atoms with Gasteiger partial charge in [-0.1, -0.05) is 0 Å². The number of hydrogen-bond donors (Lipinski definition) is 1. The molecule has 0 spiro atoms. The van der Waals surface area contributed by atoms with Crippen LogP contribution in [0, 0.1) is 22.7 Å². The summed E-state index contributed by atoms with van der Waals surface area (Å²) in [6, 6.07) is 7.66. The van der Waals surface area contributed by atoms with Crippen LogP contribution in [-0.4, -0.2) is 28.3 Å². The molecule has 154 valence electrons. The van der Waals surface area contributed by atoms with Gasteiger partial charge in [0, 0.05) is 43.1 Å². The molecule has 0 unspecified atom stereocenters. The molecule has 2 rings (SSSR count). The van der Waals surface area contributed by atoms with Gasteiger partial charge in [0.25, 0.3) is 0 Å². The second kappa shape index (κ2) is 12.3. The number of carboxylic acid groups (broad SMARTS) is 1. The highest BCUT2D eigenvalue weighted by Gasteiger charge is 2.10. The van der Waals surface area contributed by atoms with E-state index >= 15 is 0 Å². The maximum absolute atomic E-state index is 11.1. The monoisotopic (exact) mass is 516 g/mol. The van der Waals surface area contributed by atoms with Crippen LogP contribution in [0.2, 0.25) is 0 Å². The average molecular weight is 516 g/mol. The van der Waals surface area contributed by atoms with E-state index in [2.05, 4.69) is 12.1 Å². The van der Waals surface area contributed by atoms with Gasteiger partial charge in [0.05, 0.1) is 23.3 Å². The molecule has 0 aliphatic carbocycles. The summed E-state index contributed by atoms with van der Waals surface area (Å²) >= 11 is 0. The van der Waals surface area contributed by atoms with E-state index in [0.29, 0.717) is 41.8 Å². The van der Waals surface area contributed by atoms with Crippen LogP contribution >= 0.6 is 0 Å². The van der Waals surface area contributed by atoms with Gasteiger partial charge in [0.1, 0.15) is 12.2 Å². The molecule has 0 aromatic carbocycles. The number of pyridine rings is 1. The number of carboxylic acids is 1. The standard InChI is InChI=1S/C22H20N4O3.HI/c1-17(27)2-8-25-9-3-18(4-10-25)20(15-23)14-21(16-24)19-5-11-26(12-6-19)13-7-22(28)29;/h3-6,9-12,14H,2,7-8,13H2,1H3;1H. The predicted octanol–water partition coefficient (Wildman–Crippen LogP) is -0.498. The van der Waals surface area contributed by atoms with Gasteiger partial charge in [-0.3, -0.25) is 9.59 Å². The summed E-state index contributed by atoms with van der Waals surface area (Å²) in [5.74, 6) is -0.766. The predicted molar refractivity (Wildman–Crippen MR) is 105 cm³/mol. The largest absolute Gasteiger partial charge is 1.00 e. The Bertz CT molecular complexity index is 977. The van der Waals surface area contributed by atoms with Crippen molar-refractivity contribution >= 4 is 17.3 Å². The minimum Gasteiger partial charge on any atom is -1.00 e. The van der Waals surface area contributed by atoms with Gasteiger partial charge in [-0.15, -0.1) is 0 Å². The molecule has 2 heterocycles. The second-order valence-electron chi connectivity index (χ2n) is 6.44. The Morgan fingerprint density at radius 1 is 1.13 bits per heavy atom. The first-order valence-corrected chi connectivity index (χ1v) is 9.02. The van der Waals surface area contributed by atoms with Crippen LogP contribution in [-0.2, 0) is 16.1 Å². The lowest BCUT2D eigenvalue weighted by Crippen LogP contribution is -3.00. The minimum absolute atomic E-state index is 0. The third-order valence-corrected chi connectivity index (χ3v) is 4.24. The summed E-state index contributed by atoms with van der Waals surface area (Å²) in [4.78, 5) is 23.6. The molecular weight excluding hydrogens is 495 g/mol. The van der Waals surface area contributed by atoms with Crippen LogP contribution in [0.25, 0.3) is 5.57 Å².